The van der Waals surface area contributed by atoms with Crippen LogP contribution in [0, 0.1) is 0 Å². The number of nitrogen functional groups attached to an aromatic ring is 1. The number of anilines is 2. The molecule has 4 N–H and O–H groups in total. The van der Waals surface area contributed by atoms with Crippen molar-refractivity contribution in [2.24, 2.45) is 0 Å². The number of carbonyl (C=O) groups is 1. The fourth-order valence-electron chi connectivity index (χ4n) is 1.08. The van der Waals surface area contributed by atoms with Gasteiger partial charge in [-0.25, -0.2) is 4.98 Å². The second-order valence-corrected chi connectivity index (χ2v) is 2.88. The lowest BCUT2D eigenvalue weighted by molar-refractivity contribution is 0.102. The Morgan fingerprint density at radius 1 is 1.53 bits per heavy atom. The van der Waals surface area contributed by atoms with Gasteiger partial charge in [0.15, 0.2) is 5.82 Å². The average Bonchev–Trinajstić information content (AvgIpc) is 2.74. The third kappa shape index (κ3) is 1.93. The van der Waals surface area contributed by atoms with E-state index in [9.17, 15) is 4.79 Å². The van der Waals surface area contributed by atoms with E-state index in [0.29, 0.717) is 17.1 Å². The highest BCUT2D eigenvalue weighted by Gasteiger charge is 2.08. The summed E-state index contributed by atoms with van der Waals surface area (Å²) >= 11 is 0. The second kappa shape index (κ2) is 3.79. The summed E-state index contributed by atoms with van der Waals surface area (Å²) in [5.74, 6) is 0.0536. The lowest BCUT2D eigenvalue weighted by Gasteiger charge is -2.04. The maximum atomic E-state index is 11.6. The summed E-state index contributed by atoms with van der Waals surface area (Å²) in [4.78, 5) is 15.5. The van der Waals surface area contributed by atoms with Crippen molar-refractivity contribution in [2.75, 3.05) is 11.1 Å². The number of hydrogen-bond acceptors (Lipinski definition) is 4. The van der Waals surface area contributed by atoms with Gasteiger partial charge in [0.05, 0.1) is 17.4 Å². The van der Waals surface area contributed by atoms with Gasteiger partial charge in [-0.05, 0) is 12.1 Å². The van der Waals surface area contributed by atoms with Crippen molar-refractivity contribution in [2.45, 2.75) is 0 Å². The van der Waals surface area contributed by atoms with Crippen LogP contribution in [-0.4, -0.2) is 21.1 Å². The zero-order valence-electron chi connectivity index (χ0n) is 7.77. The first-order valence-electron chi connectivity index (χ1n) is 4.28. The minimum atomic E-state index is -0.297. The number of rotatable bonds is 2. The highest BCUT2D eigenvalue weighted by molar-refractivity contribution is 6.04. The Labute approximate surface area is 85.5 Å². The van der Waals surface area contributed by atoms with Crippen LogP contribution in [0.4, 0.5) is 11.5 Å². The largest absolute Gasteiger partial charge is 0.396 e. The van der Waals surface area contributed by atoms with Gasteiger partial charge < -0.3 is 11.1 Å². The molecular weight excluding hydrogens is 194 g/mol. The molecule has 15 heavy (non-hydrogen) atoms. The van der Waals surface area contributed by atoms with Crippen molar-refractivity contribution < 1.29 is 4.79 Å². The van der Waals surface area contributed by atoms with E-state index in [0.717, 1.165) is 0 Å². The summed E-state index contributed by atoms with van der Waals surface area (Å²) < 4.78 is 0. The molecule has 0 aliphatic rings. The number of aromatic nitrogens is 3. The molecule has 6 heteroatoms. The second-order valence-electron chi connectivity index (χ2n) is 2.88. The van der Waals surface area contributed by atoms with Gasteiger partial charge in [0, 0.05) is 12.4 Å². The lowest BCUT2D eigenvalue weighted by Crippen LogP contribution is -2.13. The van der Waals surface area contributed by atoms with Crippen LogP contribution >= 0.6 is 0 Å². The molecule has 0 unspecified atom stereocenters. The number of nitrogens with zero attached hydrogens (tertiary/aromatic N) is 2. The summed E-state index contributed by atoms with van der Waals surface area (Å²) in [5.41, 5.74) is 6.48. The SMILES string of the molecule is Nc1cccnc1NC(=O)c1cn[nH]c1. The molecule has 2 aromatic rings. The molecule has 1 amide bonds. The molecule has 2 rings (SSSR count). The molecule has 0 radical (unpaired) electrons. The van der Waals surface area contributed by atoms with Gasteiger partial charge in [-0.3, -0.25) is 9.89 Å². The quantitative estimate of drug-likeness (QED) is 0.667. The molecule has 0 bridgehead atoms. The number of nitrogens with one attached hydrogen (secondary N) is 2. The van der Waals surface area contributed by atoms with Gasteiger partial charge in [-0.2, -0.15) is 5.10 Å². The van der Waals surface area contributed by atoms with Crippen molar-refractivity contribution >= 4 is 17.4 Å². The minimum absolute atomic E-state index is 0.297. The van der Waals surface area contributed by atoms with Crippen LogP contribution in [0.2, 0.25) is 0 Å². The normalized spacial score (nSPS) is 9.87. The molecule has 76 valence electrons. The Hall–Kier alpha value is -2.37. The van der Waals surface area contributed by atoms with Crippen molar-refractivity contribution in [1.82, 2.24) is 15.2 Å². The van der Waals surface area contributed by atoms with Crippen molar-refractivity contribution in [3.8, 4) is 0 Å². The van der Waals surface area contributed by atoms with Gasteiger partial charge >= 0.3 is 0 Å². The smallest absolute Gasteiger partial charge is 0.260 e. The zero-order chi connectivity index (χ0) is 10.7. The van der Waals surface area contributed by atoms with E-state index in [1.165, 1.54) is 12.4 Å². The minimum Gasteiger partial charge on any atom is -0.396 e. The van der Waals surface area contributed by atoms with Crippen LogP contribution in [0.5, 0.6) is 0 Å². The summed E-state index contributed by atoms with van der Waals surface area (Å²) in [6, 6.07) is 3.36. The molecule has 2 aromatic heterocycles. The average molecular weight is 203 g/mol. The van der Waals surface area contributed by atoms with Gasteiger partial charge in [0.1, 0.15) is 0 Å². The molecule has 0 aromatic carbocycles. The maximum Gasteiger partial charge on any atom is 0.260 e. The first-order valence-corrected chi connectivity index (χ1v) is 4.28. The number of carbonyl (C=O) groups excluding carboxylic acids is 1. The number of aromatic amines is 1. The van der Waals surface area contributed by atoms with E-state index in [2.05, 4.69) is 20.5 Å². The fourth-order valence-corrected chi connectivity index (χ4v) is 1.08. The number of H-pyrrole nitrogens is 1. The van der Waals surface area contributed by atoms with E-state index in [-0.39, 0.29) is 5.91 Å². The van der Waals surface area contributed by atoms with Gasteiger partial charge in [0.25, 0.3) is 5.91 Å². The Morgan fingerprint density at radius 3 is 3.07 bits per heavy atom. The van der Waals surface area contributed by atoms with E-state index in [4.69, 9.17) is 5.73 Å². The molecule has 2 heterocycles. The van der Waals surface area contributed by atoms with E-state index < -0.39 is 0 Å². The third-order valence-electron chi connectivity index (χ3n) is 1.83. The van der Waals surface area contributed by atoms with Gasteiger partial charge in [0.2, 0.25) is 0 Å². The number of hydrogen-bond donors (Lipinski definition) is 3. The first kappa shape index (κ1) is 9.20. The Bertz CT molecular complexity index is 465. The molecular formula is C9H9N5O. The summed E-state index contributed by atoms with van der Waals surface area (Å²) in [6.45, 7) is 0. The van der Waals surface area contributed by atoms with Crippen molar-refractivity contribution in [1.29, 1.82) is 0 Å². The Kier molecular flexibility index (Phi) is 2.32. The fraction of sp³-hybridized carbons (Fsp3) is 0. The van der Waals surface area contributed by atoms with Crippen LogP contribution in [0.3, 0.4) is 0 Å². The van der Waals surface area contributed by atoms with Crippen LogP contribution in [0.25, 0.3) is 0 Å². The monoisotopic (exact) mass is 203 g/mol. The Morgan fingerprint density at radius 2 is 2.40 bits per heavy atom. The van der Waals surface area contributed by atoms with E-state index in [1.54, 1.807) is 18.3 Å². The standard InChI is InChI=1S/C9H9N5O/c10-7-2-1-3-11-8(7)14-9(15)6-4-12-13-5-6/h1-5H,10H2,(H,12,13)(H,11,14,15). The molecule has 0 aliphatic carbocycles. The predicted molar refractivity (Wildman–Crippen MR) is 55.2 cm³/mol. The molecule has 0 saturated heterocycles. The highest BCUT2D eigenvalue weighted by Crippen LogP contribution is 2.13. The van der Waals surface area contributed by atoms with Crippen LogP contribution in [0.1, 0.15) is 10.4 Å². The Balaban J connectivity index is 2.17. The summed E-state index contributed by atoms with van der Waals surface area (Å²) in [7, 11) is 0. The molecule has 0 aliphatic heterocycles. The van der Waals surface area contributed by atoms with Crippen molar-refractivity contribution in [3.63, 3.8) is 0 Å². The molecule has 0 saturated carbocycles. The first-order chi connectivity index (χ1) is 7.27. The molecule has 0 fully saturated rings. The number of nitrogens with two attached hydrogens (primary N) is 1. The number of pyridine rings is 1. The van der Waals surface area contributed by atoms with E-state index in [1.807, 2.05) is 0 Å². The van der Waals surface area contributed by atoms with Gasteiger partial charge in [-0.1, -0.05) is 0 Å². The molecule has 6 nitrogen and oxygen atoms in total. The van der Waals surface area contributed by atoms with Gasteiger partial charge in [-0.15, -0.1) is 0 Å². The van der Waals surface area contributed by atoms with Crippen LogP contribution in [0.15, 0.2) is 30.7 Å². The maximum absolute atomic E-state index is 11.6. The van der Waals surface area contributed by atoms with Crippen LogP contribution in [-0.2, 0) is 0 Å². The topological polar surface area (TPSA) is 96.7 Å². The molecule has 0 atom stereocenters. The highest BCUT2D eigenvalue weighted by atomic mass is 16.1. The number of amides is 1. The van der Waals surface area contributed by atoms with E-state index >= 15 is 0 Å². The predicted octanol–water partition coefficient (Wildman–Crippen LogP) is 0.639. The van der Waals surface area contributed by atoms with Crippen LogP contribution < -0.4 is 11.1 Å². The lowest BCUT2D eigenvalue weighted by atomic mass is 10.3. The third-order valence-corrected chi connectivity index (χ3v) is 1.83. The molecule has 0 spiro atoms. The van der Waals surface area contributed by atoms with Crippen molar-refractivity contribution in [3.05, 3.63) is 36.3 Å². The summed E-state index contributed by atoms with van der Waals surface area (Å²) in [5, 5.41) is 8.80. The summed E-state index contributed by atoms with van der Waals surface area (Å²) in [6.07, 6.45) is 4.48. The zero-order valence-corrected chi connectivity index (χ0v) is 7.77.